The minimum Gasteiger partial charge on any atom is -0.399 e. The second-order valence-corrected chi connectivity index (χ2v) is 5.04. The van der Waals surface area contributed by atoms with E-state index >= 15 is 0 Å². The summed E-state index contributed by atoms with van der Waals surface area (Å²) in [5.41, 5.74) is 9.55. The predicted octanol–water partition coefficient (Wildman–Crippen LogP) is 3.79. The molecule has 0 heterocycles. The number of rotatable bonds is 2. The molecular formula is C15H15ClN2O. The first-order valence-corrected chi connectivity index (χ1v) is 6.27. The highest BCUT2D eigenvalue weighted by molar-refractivity contribution is 6.31. The van der Waals surface area contributed by atoms with E-state index < -0.39 is 0 Å². The molecule has 0 aromatic heterocycles. The smallest absolute Gasteiger partial charge is 0.255 e. The quantitative estimate of drug-likeness (QED) is 0.819. The Hall–Kier alpha value is -2.00. The molecule has 2 rings (SSSR count). The van der Waals surface area contributed by atoms with Gasteiger partial charge in [0.1, 0.15) is 0 Å². The van der Waals surface area contributed by atoms with Crippen LogP contribution >= 0.6 is 11.6 Å². The first-order valence-electron chi connectivity index (χ1n) is 5.90. The molecule has 3 nitrogen and oxygen atoms in total. The van der Waals surface area contributed by atoms with Gasteiger partial charge < -0.3 is 11.1 Å². The van der Waals surface area contributed by atoms with Gasteiger partial charge in [-0.1, -0.05) is 17.7 Å². The van der Waals surface area contributed by atoms with Crippen LogP contribution in [-0.2, 0) is 0 Å². The lowest BCUT2D eigenvalue weighted by atomic mass is 10.1. The zero-order valence-corrected chi connectivity index (χ0v) is 11.6. The maximum atomic E-state index is 12.1. The second kappa shape index (κ2) is 5.33. The largest absolute Gasteiger partial charge is 0.399 e. The molecule has 0 aliphatic carbocycles. The number of carbonyl (C=O) groups is 1. The van der Waals surface area contributed by atoms with Crippen LogP contribution in [0.25, 0.3) is 0 Å². The molecule has 2 aromatic rings. The molecule has 0 aliphatic rings. The van der Waals surface area contributed by atoms with Crippen molar-refractivity contribution in [3.63, 3.8) is 0 Å². The second-order valence-electron chi connectivity index (χ2n) is 4.60. The summed E-state index contributed by atoms with van der Waals surface area (Å²) in [5.74, 6) is -0.223. The number of benzene rings is 2. The molecule has 2 aromatic carbocycles. The summed E-state index contributed by atoms with van der Waals surface area (Å²) in [6, 6.07) is 10.7. The normalized spacial score (nSPS) is 10.3. The molecule has 0 aliphatic heterocycles. The van der Waals surface area contributed by atoms with Crippen molar-refractivity contribution >= 4 is 28.9 Å². The average Bonchev–Trinajstić information content (AvgIpc) is 2.25. The van der Waals surface area contributed by atoms with E-state index in [-0.39, 0.29) is 5.91 Å². The number of aryl methyl sites for hydroxylation is 2. The monoisotopic (exact) mass is 274 g/mol. The SMILES string of the molecule is Cc1cc(C)cc(NC(=O)c2cc(N)cc(Cl)c2)c1. The van der Waals surface area contributed by atoms with Gasteiger partial charge in [-0.15, -0.1) is 0 Å². The van der Waals surface area contributed by atoms with E-state index in [0.717, 1.165) is 16.8 Å². The van der Waals surface area contributed by atoms with Crippen molar-refractivity contribution in [3.05, 3.63) is 58.1 Å². The first kappa shape index (κ1) is 13.4. The maximum absolute atomic E-state index is 12.1. The molecule has 1 amide bonds. The number of halogens is 1. The summed E-state index contributed by atoms with van der Waals surface area (Å²) < 4.78 is 0. The van der Waals surface area contributed by atoms with Gasteiger partial charge in [-0.2, -0.15) is 0 Å². The molecule has 3 N–H and O–H groups in total. The van der Waals surface area contributed by atoms with Gasteiger partial charge in [-0.05, 0) is 55.3 Å². The summed E-state index contributed by atoms with van der Waals surface area (Å²) in [4.78, 5) is 12.1. The van der Waals surface area contributed by atoms with E-state index in [1.807, 2.05) is 32.0 Å². The maximum Gasteiger partial charge on any atom is 0.255 e. The van der Waals surface area contributed by atoms with Crippen molar-refractivity contribution in [3.8, 4) is 0 Å². The Morgan fingerprint density at radius 1 is 1.05 bits per heavy atom. The third-order valence-corrected chi connectivity index (χ3v) is 2.88. The van der Waals surface area contributed by atoms with Gasteiger partial charge in [0.2, 0.25) is 0 Å². The first-order chi connectivity index (χ1) is 8.94. The van der Waals surface area contributed by atoms with E-state index in [4.69, 9.17) is 17.3 Å². The number of nitrogens with one attached hydrogen (secondary N) is 1. The van der Waals surface area contributed by atoms with E-state index in [1.54, 1.807) is 18.2 Å². The van der Waals surface area contributed by atoms with Gasteiger partial charge in [0, 0.05) is 22.0 Å². The third kappa shape index (κ3) is 3.48. The van der Waals surface area contributed by atoms with Gasteiger partial charge in [-0.25, -0.2) is 0 Å². The van der Waals surface area contributed by atoms with Gasteiger partial charge in [0.15, 0.2) is 0 Å². The Labute approximate surface area is 117 Å². The summed E-state index contributed by atoms with van der Waals surface area (Å²) >= 11 is 5.89. The van der Waals surface area contributed by atoms with E-state index in [1.165, 1.54) is 0 Å². The molecule has 0 spiro atoms. The van der Waals surface area contributed by atoms with Crippen LogP contribution in [-0.4, -0.2) is 5.91 Å². The molecule has 19 heavy (non-hydrogen) atoms. The van der Waals surface area contributed by atoms with Crippen molar-refractivity contribution in [2.75, 3.05) is 11.1 Å². The van der Waals surface area contributed by atoms with Crippen LogP contribution in [0.1, 0.15) is 21.5 Å². The van der Waals surface area contributed by atoms with Crippen molar-refractivity contribution in [2.45, 2.75) is 13.8 Å². The van der Waals surface area contributed by atoms with E-state index in [2.05, 4.69) is 5.32 Å². The van der Waals surface area contributed by atoms with Crippen LogP contribution in [0, 0.1) is 13.8 Å². The third-order valence-electron chi connectivity index (χ3n) is 2.66. The fourth-order valence-electron chi connectivity index (χ4n) is 1.99. The molecule has 0 saturated heterocycles. The zero-order chi connectivity index (χ0) is 14.0. The fourth-order valence-corrected chi connectivity index (χ4v) is 2.24. The van der Waals surface area contributed by atoms with Crippen LogP contribution in [0.4, 0.5) is 11.4 Å². The Morgan fingerprint density at radius 2 is 1.68 bits per heavy atom. The number of carbonyl (C=O) groups excluding carboxylic acids is 1. The highest BCUT2D eigenvalue weighted by Crippen LogP contribution is 2.19. The molecule has 4 heteroatoms. The summed E-state index contributed by atoms with van der Waals surface area (Å²) in [5, 5.41) is 3.29. The van der Waals surface area contributed by atoms with Gasteiger partial charge >= 0.3 is 0 Å². The van der Waals surface area contributed by atoms with Crippen LogP contribution < -0.4 is 11.1 Å². The van der Waals surface area contributed by atoms with Crippen LogP contribution in [0.2, 0.25) is 5.02 Å². The molecular weight excluding hydrogens is 260 g/mol. The Kier molecular flexibility index (Phi) is 3.76. The average molecular weight is 275 g/mol. The van der Waals surface area contributed by atoms with Crippen molar-refractivity contribution in [1.82, 2.24) is 0 Å². The van der Waals surface area contributed by atoms with Gasteiger partial charge in [-0.3, -0.25) is 4.79 Å². The topological polar surface area (TPSA) is 55.1 Å². The number of amides is 1. The van der Waals surface area contributed by atoms with Crippen LogP contribution in [0.15, 0.2) is 36.4 Å². The van der Waals surface area contributed by atoms with Crippen molar-refractivity contribution in [1.29, 1.82) is 0 Å². The number of hydrogen-bond acceptors (Lipinski definition) is 2. The fraction of sp³-hybridized carbons (Fsp3) is 0.133. The number of nitrogens with two attached hydrogens (primary N) is 1. The lowest BCUT2D eigenvalue weighted by Crippen LogP contribution is -2.12. The highest BCUT2D eigenvalue weighted by Gasteiger charge is 2.08. The number of hydrogen-bond donors (Lipinski definition) is 2. The van der Waals surface area contributed by atoms with Gasteiger partial charge in [0.05, 0.1) is 0 Å². The lowest BCUT2D eigenvalue weighted by molar-refractivity contribution is 0.102. The van der Waals surface area contributed by atoms with Crippen LogP contribution in [0.5, 0.6) is 0 Å². The van der Waals surface area contributed by atoms with Crippen molar-refractivity contribution < 1.29 is 4.79 Å². The molecule has 0 radical (unpaired) electrons. The molecule has 98 valence electrons. The van der Waals surface area contributed by atoms with Crippen LogP contribution in [0.3, 0.4) is 0 Å². The molecule has 0 fully saturated rings. The number of nitrogen functional groups attached to an aromatic ring is 1. The standard InChI is InChI=1S/C15H15ClN2O/c1-9-3-10(2)5-14(4-9)18-15(19)11-6-12(16)8-13(17)7-11/h3-8H,17H2,1-2H3,(H,18,19). The zero-order valence-electron chi connectivity index (χ0n) is 10.8. The highest BCUT2D eigenvalue weighted by atomic mass is 35.5. The van der Waals surface area contributed by atoms with Crippen molar-refractivity contribution in [2.24, 2.45) is 0 Å². The molecule has 0 bridgehead atoms. The molecule has 0 saturated carbocycles. The summed E-state index contributed by atoms with van der Waals surface area (Å²) in [6.07, 6.45) is 0. The minimum absolute atomic E-state index is 0.223. The minimum atomic E-state index is -0.223. The summed E-state index contributed by atoms with van der Waals surface area (Å²) in [7, 11) is 0. The van der Waals surface area contributed by atoms with E-state index in [9.17, 15) is 4.79 Å². The molecule has 0 unspecified atom stereocenters. The predicted molar refractivity (Wildman–Crippen MR) is 79.7 cm³/mol. The van der Waals surface area contributed by atoms with Gasteiger partial charge in [0.25, 0.3) is 5.91 Å². The molecule has 0 atom stereocenters. The Balaban J connectivity index is 2.25. The van der Waals surface area contributed by atoms with E-state index in [0.29, 0.717) is 16.3 Å². The lowest BCUT2D eigenvalue weighted by Gasteiger charge is -2.08. The summed E-state index contributed by atoms with van der Waals surface area (Å²) in [6.45, 7) is 3.97. The Morgan fingerprint density at radius 3 is 2.26 bits per heavy atom. The Bertz CT molecular complexity index is 598. The number of anilines is 2.